The van der Waals surface area contributed by atoms with Crippen LogP contribution in [0.3, 0.4) is 0 Å². The molecule has 0 bridgehead atoms. The number of carbonyl (C=O) groups is 1. The number of carbonyl (C=O) groups excluding carboxylic acids is 1. The fourth-order valence-corrected chi connectivity index (χ4v) is 3.45. The van der Waals surface area contributed by atoms with E-state index in [1.807, 2.05) is 33.8 Å². The molecule has 1 unspecified atom stereocenters. The number of fused-ring (bicyclic) bond motifs is 1. The van der Waals surface area contributed by atoms with Crippen LogP contribution in [0.2, 0.25) is 0 Å². The third-order valence-corrected chi connectivity index (χ3v) is 4.99. The topological polar surface area (TPSA) is 79.2 Å². The minimum absolute atomic E-state index is 0.0345. The average Bonchev–Trinajstić information content (AvgIpc) is 3.29. The van der Waals surface area contributed by atoms with Gasteiger partial charge in [0, 0.05) is 36.2 Å². The second-order valence-corrected chi connectivity index (χ2v) is 7.91. The fourth-order valence-electron chi connectivity index (χ4n) is 3.45. The molecule has 7 heteroatoms. The van der Waals surface area contributed by atoms with Crippen molar-refractivity contribution < 1.29 is 4.79 Å². The predicted molar refractivity (Wildman–Crippen MR) is 97.9 cm³/mol. The van der Waals surface area contributed by atoms with Crippen LogP contribution in [-0.2, 0) is 5.41 Å². The van der Waals surface area contributed by atoms with Gasteiger partial charge in [0.1, 0.15) is 5.69 Å². The second kappa shape index (κ2) is 6.23. The first-order chi connectivity index (χ1) is 12.4. The molecule has 1 saturated heterocycles. The quantitative estimate of drug-likeness (QED) is 0.768. The van der Waals surface area contributed by atoms with Crippen molar-refractivity contribution in [3.05, 3.63) is 47.8 Å². The Bertz CT molecular complexity index is 935. The molecule has 3 aromatic rings. The van der Waals surface area contributed by atoms with Crippen LogP contribution in [0, 0.1) is 0 Å². The Morgan fingerprint density at radius 3 is 2.88 bits per heavy atom. The van der Waals surface area contributed by atoms with Crippen LogP contribution in [0.25, 0.3) is 5.78 Å². The summed E-state index contributed by atoms with van der Waals surface area (Å²) in [5, 5.41) is 7.29. The average molecular weight is 352 g/mol. The zero-order chi connectivity index (χ0) is 18.3. The summed E-state index contributed by atoms with van der Waals surface area (Å²) in [4.78, 5) is 24.0. The number of hydrogen-bond acceptors (Lipinski definition) is 4. The van der Waals surface area contributed by atoms with Crippen LogP contribution in [0.5, 0.6) is 0 Å². The van der Waals surface area contributed by atoms with Gasteiger partial charge in [-0.15, -0.1) is 0 Å². The minimum atomic E-state index is -0.0693. The number of nitrogens with zero attached hydrogens (tertiary/aromatic N) is 5. The standard InChI is InChI=1S/C19H24N6O/c1-19(2,3)16-12-14(22-23-16)17(26)25-9-5-4-6-15(25)13-7-10-24-11-8-20-18(24)21-13/h7-8,10-12,15H,4-6,9H2,1-3H3,(H,22,23). The first-order valence-corrected chi connectivity index (χ1v) is 9.10. The molecule has 4 heterocycles. The Labute approximate surface area is 152 Å². The lowest BCUT2D eigenvalue weighted by atomic mass is 9.92. The van der Waals surface area contributed by atoms with E-state index < -0.39 is 0 Å². The number of aromatic nitrogens is 5. The van der Waals surface area contributed by atoms with Crippen molar-refractivity contribution in [2.75, 3.05) is 6.54 Å². The minimum Gasteiger partial charge on any atom is -0.329 e. The maximum Gasteiger partial charge on any atom is 0.274 e. The summed E-state index contributed by atoms with van der Waals surface area (Å²) in [6.45, 7) is 7.02. The Kier molecular flexibility index (Phi) is 4.01. The maximum atomic E-state index is 13.1. The number of H-pyrrole nitrogens is 1. The molecule has 1 atom stereocenters. The number of imidazole rings is 1. The van der Waals surface area contributed by atoms with Crippen molar-refractivity contribution in [3.63, 3.8) is 0 Å². The van der Waals surface area contributed by atoms with Crippen molar-refractivity contribution in [2.24, 2.45) is 0 Å². The molecule has 1 aliphatic heterocycles. The Balaban J connectivity index is 1.64. The highest BCUT2D eigenvalue weighted by atomic mass is 16.2. The lowest BCUT2D eigenvalue weighted by Gasteiger charge is -2.34. The molecule has 1 aliphatic rings. The molecule has 26 heavy (non-hydrogen) atoms. The van der Waals surface area contributed by atoms with Crippen molar-refractivity contribution in [1.82, 2.24) is 29.5 Å². The number of aromatic amines is 1. The summed E-state index contributed by atoms with van der Waals surface area (Å²) in [5.41, 5.74) is 2.26. The molecule has 7 nitrogen and oxygen atoms in total. The number of nitrogens with one attached hydrogen (secondary N) is 1. The van der Waals surface area contributed by atoms with Gasteiger partial charge in [0.15, 0.2) is 0 Å². The van der Waals surface area contributed by atoms with Gasteiger partial charge in [0.05, 0.1) is 11.7 Å². The molecule has 1 N–H and O–H groups in total. The maximum absolute atomic E-state index is 13.1. The van der Waals surface area contributed by atoms with Gasteiger partial charge in [-0.25, -0.2) is 9.97 Å². The van der Waals surface area contributed by atoms with Gasteiger partial charge in [-0.1, -0.05) is 20.8 Å². The van der Waals surface area contributed by atoms with E-state index in [1.165, 1.54) is 0 Å². The zero-order valence-electron chi connectivity index (χ0n) is 15.4. The van der Waals surface area contributed by atoms with Crippen molar-refractivity contribution in [3.8, 4) is 0 Å². The van der Waals surface area contributed by atoms with Crippen molar-refractivity contribution in [2.45, 2.75) is 51.5 Å². The van der Waals surface area contributed by atoms with Crippen LogP contribution >= 0.6 is 0 Å². The second-order valence-electron chi connectivity index (χ2n) is 7.91. The third-order valence-electron chi connectivity index (χ3n) is 4.99. The predicted octanol–water partition coefficient (Wildman–Crippen LogP) is 3.12. The smallest absolute Gasteiger partial charge is 0.274 e. The first-order valence-electron chi connectivity index (χ1n) is 9.10. The molecule has 4 rings (SSSR count). The monoisotopic (exact) mass is 352 g/mol. The van der Waals surface area contributed by atoms with Crippen LogP contribution in [0.1, 0.15) is 68.0 Å². The van der Waals surface area contributed by atoms with Crippen LogP contribution in [-0.4, -0.2) is 41.9 Å². The molecule has 1 amide bonds. The molecular weight excluding hydrogens is 328 g/mol. The van der Waals surface area contributed by atoms with Gasteiger partial charge in [-0.2, -0.15) is 5.10 Å². The van der Waals surface area contributed by atoms with E-state index in [0.29, 0.717) is 11.5 Å². The highest BCUT2D eigenvalue weighted by molar-refractivity contribution is 5.92. The van der Waals surface area contributed by atoms with Gasteiger partial charge >= 0.3 is 0 Å². The number of hydrogen-bond donors (Lipinski definition) is 1. The Hall–Kier alpha value is -2.70. The largest absolute Gasteiger partial charge is 0.329 e. The summed E-state index contributed by atoms with van der Waals surface area (Å²) in [7, 11) is 0. The molecule has 0 aliphatic carbocycles. The van der Waals surface area contributed by atoms with E-state index in [0.717, 1.165) is 37.2 Å². The molecule has 0 saturated carbocycles. The Morgan fingerprint density at radius 1 is 1.27 bits per heavy atom. The molecule has 0 radical (unpaired) electrons. The summed E-state index contributed by atoms with van der Waals surface area (Å²) in [5.74, 6) is 0.627. The zero-order valence-corrected chi connectivity index (χ0v) is 15.4. The van der Waals surface area contributed by atoms with Gasteiger partial charge in [0.2, 0.25) is 5.78 Å². The summed E-state index contributed by atoms with van der Waals surface area (Å²) in [6, 6.07) is 3.82. The molecule has 136 valence electrons. The summed E-state index contributed by atoms with van der Waals surface area (Å²) in [6.07, 6.45) is 8.55. The van der Waals surface area contributed by atoms with Gasteiger partial charge in [-0.3, -0.25) is 14.3 Å². The third kappa shape index (κ3) is 2.98. The van der Waals surface area contributed by atoms with Gasteiger partial charge < -0.3 is 4.90 Å². The highest BCUT2D eigenvalue weighted by Crippen LogP contribution is 2.31. The number of piperidine rings is 1. The van der Waals surface area contributed by atoms with Crippen LogP contribution < -0.4 is 0 Å². The molecule has 0 aromatic carbocycles. The lowest BCUT2D eigenvalue weighted by molar-refractivity contribution is 0.0600. The van der Waals surface area contributed by atoms with Crippen LogP contribution in [0.4, 0.5) is 0 Å². The van der Waals surface area contributed by atoms with Crippen molar-refractivity contribution in [1.29, 1.82) is 0 Å². The van der Waals surface area contributed by atoms with Crippen LogP contribution in [0.15, 0.2) is 30.7 Å². The van der Waals surface area contributed by atoms with E-state index in [1.54, 1.807) is 6.20 Å². The lowest BCUT2D eigenvalue weighted by Crippen LogP contribution is -2.39. The fraction of sp³-hybridized carbons (Fsp3) is 0.474. The SMILES string of the molecule is CC(C)(C)c1cc(C(=O)N2CCCCC2c2ccn3ccnc3n2)n[nH]1. The van der Waals surface area contributed by atoms with E-state index >= 15 is 0 Å². The molecular formula is C19H24N6O. The number of rotatable bonds is 2. The van der Waals surface area contributed by atoms with Gasteiger partial charge in [-0.05, 0) is 31.4 Å². The molecule has 0 spiro atoms. The van der Waals surface area contributed by atoms with E-state index in [9.17, 15) is 4.79 Å². The highest BCUT2D eigenvalue weighted by Gasteiger charge is 2.31. The molecule has 1 fully saturated rings. The normalized spacial score (nSPS) is 18.4. The van der Waals surface area contributed by atoms with Gasteiger partial charge in [0.25, 0.3) is 5.91 Å². The summed E-state index contributed by atoms with van der Waals surface area (Å²) >= 11 is 0. The number of likely N-dealkylation sites (tertiary alicyclic amines) is 1. The van der Waals surface area contributed by atoms with E-state index in [4.69, 9.17) is 0 Å². The summed E-state index contributed by atoms with van der Waals surface area (Å²) < 4.78 is 1.88. The first kappa shape index (κ1) is 16.8. The molecule has 3 aromatic heterocycles. The van der Waals surface area contributed by atoms with Crippen molar-refractivity contribution >= 4 is 11.7 Å². The van der Waals surface area contributed by atoms with E-state index in [-0.39, 0.29) is 17.4 Å². The van der Waals surface area contributed by atoms with E-state index in [2.05, 4.69) is 40.9 Å². The number of amides is 1. The Morgan fingerprint density at radius 2 is 2.12 bits per heavy atom.